The van der Waals surface area contributed by atoms with Gasteiger partial charge in [0.1, 0.15) is 17.0 Å². The number of nitrogens with one attached hydrogen (secondary N) is 1. The third kappa shape index (κ3) is 6.91. The molecule has 7 aromatic rings. The van der Waals surface area contributed by atoms with Crippen LogP contribution in [0.4, 0.5) is 0 Å². The fourth-order valence-electron chi connectivity index (χ4n) is 6.62. The molecular formula is C45H46N4O. The highest BCUT2D eigenvalue weighted by atomic mass is 16.3. The van der Waals surface area contributed by atoms with Crippen LogP contribution in [0.3, 0.4) is 0 Å². The SMILES string of the molecule is C/C=C\C(=C/C)C(=NC)NCc1cccc2oc3ccc(-n4c5ccccc5c5cc(-c6ccccc6)ccc54)cc3c12.C/C=C\C(C)CN. The lowest BCUT2D eigenvalue weighted by molar-refractivity contribution is 0.668. The van der Waals surface area contributed by atoms with Crippen molar-refractivity contribution in [1.82, 2.24) is 9.88 Å². The number of allylic oxidation sites excluding steroid dienone is 3. The Morgan fingerprint density at radius 1 is 0.780 bits per heavy atom. The van der Waals surface area contributed by atoms with Gasteiger partial charge >= 0.3 is 0 Å². The molecular weight excluding hydrogens is 613 g/mol. The van der Waals surface area contributed by atoms with Crippen molar-refractivity contribution in [3.05, 3.63) is 151 Å². The fourth-order valence-corrected chi connectivity index (χ4v) is 6.62. The number of amidine groups is 1. The number of nitrogens with two attached hydrogens (primary N) is 1. The standard InChI is InChI=1S/C39H33N3O.C6H13N/c1-4-12-26(5-2)39(40-3)41-25-29-15-11-18-37-38(29)33-24-30(20-22-36(33)43-37)42-34-17-10-9-16-31(34)32-23-28(19-21-35(32)42)27-13-7-6-8-14-27;1-3-4-6(2)5-7/h4-24H,25H2,1-3H3,(H,40,41);3-4,6H,5,7H2,1-2H3/b12-4-,26-5+;4-3-. The number of nitrogens with zero attached hydrogens (tertiary/aromatic N) is 2. The summed E-state index contributed by atoms with van der Waals surface area (Å²) < 4.78 is 8.73. The van der Waals surface area contributed by atoms with Crippen LogP contribution in [-0.2, 0) is 6.54 Å². The van der Waals surface area contributed by atoms with Gasteiger partial charge in [-0.15, -0.1) is 0 Å². The molecule has 7 rings (SSSR count). The van der Waals surface area contributed by atoms with Crippen LogP contribution >= 0.6 is 0 Å². The molecule has 0 aliphatic rings. The average molecular weight is 659 g/mol. The number of benzene rings is 5. The minimum Gasteiger partial charge on any atom is -0.456 e. The van der Waals surface area contributed by atoms with E-state index in [4.69, 9.17) is 10.2 Å². The molecule has 3 N–H and O–H groups in total. The van der Waals surface area contributed by atoms with E-state index >= 15 is 0 Å². The Kier molecular flexibility index (Phi) is 10.8. The molecule has 5 heteroatoms. The third-order valence-corrected chi connectivity index (χ3v) is 9.10. The molecule has 0 aliphatic heterocycles. The van der Waals surface area contributed by atoms with Crippen molar-refractivity contribution in [2.75, 3.05) is 13.6 Å². The van der Waals surface area contributed by atoms with Crippen LogP contribution in [0.1, 0.15) is 33.3 Å². The van der Waals surface area contributed by atoms with Crippen LogP contribution in [-0.4, -0.2) is 24.0 Å². The molecule has 0 radical (unpaired) electrons. The second-order valence-electron chi connectivity index (χ2n) is 12.4. The minimum absolute atomic E-state index is 0.546. The maximum atomic E-state index is 6.36. The van der Waals surface area contributed by atoms with Gasteiger partial charge in [0.05, 0.1) is 11.0 Å². The lowest BCUT2D eigenvalue weighted by Crippen LogP contribution is -2.24. The van der Waals surface area contributed by atoms with Gasteiger partial charge in [-0.2, -0.15) is 0 Å². The Labute approximate surface area is 295 Å². The third-order valence-electron chi connectivity index (χ3n) is 9.10. The van der Waals surface area contributed by atoms with E-state index in [0.29, 0.717) is 12.5 Å². The molecule has 252 valence electrons. The van der Waals surface area contributed by atoms with E-state index < -0.39 is 0 Å². The van der Waals surface area contributed by atoms with Gasteiger partial charge in [0, 0.05) is 46.4 Å². The first-order valence-electron chi connectivity index (χ1n) is 17.4. The van der Waals surface area contributed by atoms with Crippen LogP contribution in [0.5, 0.6) is 0 Å². The number of aromatic nitrogens is 1. The van der Waals surface area contributed by atoms with E-state index in [1.54, 1.807) is 0 Å². The molecule has 2 heterocycles. The highest BCUT2D eigenvalue weighted by Gasteiger charge is 2.17. The van der Waals surface area contributed by atoms with Gasteiger partial charge in [-0.25, -0.2) is 0 Å². The molecule has 0 fully saturated rings. The summed E-state index contributed by atoms with van der Waals surface area (Å²) in [5, 5.41) is 8.27. The zero-order valence-corrected chi connectivity index (χ0v) is 29.7. The van der Waals surface area contributed by atoms with E-state index in [0.717, 1.165) is 45.6 Å². The topological polar surface area (TPSA) is 68.5 Å². The predicted octanol–water partition coefficient (Wildman–Crippen LogP) is 11.1. The molecule has 2 aromatic heterocycles. The fraction of sp³-hybridized carbons (Fsp3) is 0.178. The van der Waals surface area contributed by atoms with Crippen molar-refractivity contribution in [2.24, 2.45) is 16.6 Å². The Bertz CT molecular complexity index is 2370. The first-order chi connectivity index (χ1) is 24.5. The van der Waals surface area contributed by atoms with Crippen LogP contribution in [0.15, 0.2) is 155 Å². The quantitative estimate of drug-likeness (QED) is 0.0739. The first-order valence-corrected chi connectivity index (χ1v) is 17.4. The highest BCUT2D eigenvalue weighted by Crippen LogP contribution is 2.38. The lowest BCUT2D eigenvalue weighted by Gasteiger charge is -2.12. The molecule has 0 aliphatic carbocycles. The molecule has 5 nitrogen and oxygen atoms in total. The van der Waals surface area contributed by atoms with Gasteiger partial charge < -0.3 is 20.0 Å². The van der Waals surface area contributed by atoms with Gasteiger partial charge in [-0.1, -0.05) is 104 Å². The summed E-state index contributed by atoms with van der Waals surface area (Å²) in [5.41, 5.74) is 15.2. The predicted molar refractivity (Wildman–Crippen MR) is 215 cm³/mol. The summed E-state index contributed by atoms with van der Waals surface area (Å²) in [5.74, 6) is 1.41. The second-order valence-corrected chi connectivity index (χ2v) is 12.4. The van der Waals surface area contributed by atoms with Crippen LogP contribution in [0.2, 0.25) is 0 Å². The maximum absolute atomic E-state index is 6.36. The Hall–Kier alpha value is -5.65. The largest absolute Gasteiger partial charge is 0.456 e. The number of rotatable bonds is 8. The Morgan fingerprint density at radius 3 is 2.28 bits per heavy atom. The number of fused-ring (bicyclic) bond motifs is 6. The van der Waals surface area contributed by atoms with Crippen molar-refractivity contribution < 1.29 is 4.42 Å². The van der Waals surface area contributed by atoms with Crippen molar-refractivity contribution in [3.63, 3.8) is 0 Å². The van der Waals surface area contributed by atoms with Crippen LogP contribution < -0.4 is 11.1 Å². The van der Waals surface area contributed by atoms with Gasteiger partial charge in [-0.05, 0) is 92.4 Å². The van der Waals surface area contributed by atoms with E-state index in [1.807, 2.05) is 40.0 Å². The summed E-state index contributed by atoms with van der Waals surface area (Å²) in [7, 11) is 1.82. The van der Waals surface area contributed by atoms with E-state index in [9.17, 15) is 0 Å². The van der Waals surface area contributed by atoms with Gasteiger partial charge in [0.15, 0.2) is 0 Å². The van der Waals surface area contributed by atoms with Crippen molar-refractivity contribution in [2.45, 2.75) is 34.2 Å². The van der Waals surface area contributed by atoms with Crippen LogP contribution in [0.25, 0.3) is 60.6 Å². The number of hydrogen-bond acceptors (Lipinski definition) is 3. The monoisotopic (exact) mass is 658 g/mol. The average Bonchev–Trinajstić information content (AvgIpc) is 3.70. The summed E-state index contributed by atoms with van der Waals surface area (Å²) in [4.78, 5) is 4.51. The summed E-state index contributed by atoms with van der Waals surface area (Å²) in [6.07, 6.45) is 10.3. The molecule has 0 amide bonds. The zero-order valence-electron chi connectivity index (χ0n) is 29.7. The normalized spacial score (nSPS) is 13.2. The summed E-state index contributed by atoms with van der Waals surface area (Å²) in [6, 6.07) is 38.9. The Morgan fingerprint density at radius 2 is 1.56 bits per heavy atom. The molecule has 50 heavy (non-hydrogen) atoms. The van der Waals surface area contributed by atoms with Gasteiger partial charge in [0.25, 0.3) is 0 Å². The number of hydrogen-bond donors (Lipinski definition) is 2. The van der Waals surface area contributed by atoms with E-state index in [1.165, 1.54) is 38.5 Å². The minimum atomic E-state index is 0.546. The van der Waals surface area contributed by atoms with Gasteiger partial charge in [-0.3, -0.25) is 4.99 Å². The molecule has 5 aromatic carbocycles. The van der Waals surface area contributed by atoms with Crippen molar-refractivity contribution in [1.29, 1.82) is 0 Å². The molecule has 1 unspecified atom stereocenters. The molecule has 0 saturated carbocycles. The number of furan rings is 1. The van der Waals surface area contributed by atoms with Crippen molar-refractivity contribution in [3.8, 4) is 16.8 Å². The van der Waals surface area contributed by atoms with Gasteiger partial charge in [0.2, 0.25) is 0 Å². The first kappa shape index (κ1) is 34.2. The Balaban J connectivity index is 0.000000561. The smallest absolute Gasteiger partial charge is 0.135 e. The molecule has 0 bridgehead atoms. The number of para-hydroxylation sites is 1. The maximum Gasteiger partial charge on any atom is 0.135 e. The lowest BCUT2D eigenvalue weighted by atomic mass is 10.0. The van der Waals surface area contributed by atoms with E-state index in [-0.39, 0.29) is 0 Å². The van der Waals surface area contributed by atoms with Crippen LogP contribution in [0, 0.1) is 5.92 Å². The summed E-state index contributed by atoms with van der Waals surface area (Å²) in [6.45, 7) is 9.54. The second kappa shape index (κ2) is 15.7. The number of aliphatic imine (C=N–C) groups is 1. The van der Waals surface area contributed by atoms with E-state index in [2.05, 4.69) is 149 Å². The molecule has 0 spiro atoms. The molecule has 0 saturated heterocycles. The van der Waals surface area contributed by atoms with Crippen molar-refractivity contribution >= 4 is 49.6 Å². The summed E-state index contributed by atoms with van der Waals surface area (Å²) >= 11 is 0. The zero-order chi connectivity index (χ0) is 35.0. The highest BCUT2D eigenvalue weighted by molar-refractivity contribution is 6.12. The molecule has 1 atom stereocenters.